The van der Waals surface area contributed by atoms with E-state index in [9.17, 15) is 9.59 Å². The second-order valence-corrected chi connectivity index (χ2v) is 11.4. The number of nitrogens with one attached hydrogen (secondary N) is 1. The van der Waals surface area contributed by atoms with Gasteiger partial charge < -0.3 is 14.8 Å². The highest BCUT2D eigenvalue weighted by Crippen LogP contribution is 2.40. The lowest BCUT2D eigenvalue weighted by Gasteiger charge is -2.47. The zero-order valence-electron chi connectivity index (χ0n) is 19.1. The van der Waals surface area contributed by atoms with Crippen LogP contribution in [0.15, 0.2) is 12.1 Å². The van der Waals surface area contributed by atoms with Gasteiger partial charge in [0.1, 0.15) is 11.2 Å². The van der Waals surface area contributed by atoms with Gasteiger partial charge in [0, 0.05) is 17.0 Å². The first-order valence-electron chi connectivity index (χ1n) is 12.2. The third-order valence-corrected chi connectivity index (χ3v) is 9.17. The van der Waals surface area contributed by atoms with Crippen molar-refractivity contribution in [3.05, 3.63) is 22.7 Å². The van der Waals surface area contributed by atoms with Crippen LogP contribution in [0.4, 0.5) is 0 Å². The summed E-state index contributed by atoms with van der Waals surface area (Å²) >= 11 is 1.77. The van der Waals surface area contributed by atoms with E-state index in [-0.39, 0.29) is 23.9 Å². The molecule has 1 atom stereocenters. The molecule has 1 N–H and O–H groups in total. The van der Waals surface area contributed by atoms with Crippen LogP contribution < -0.4 is 5.32 Å². The van der Waals surface area contributed by atoms with E-state index < -0.39 is 5.54 Å². The van der Waals surface area contributed by atoms with Gasteiger partial charge in [-0.25, -0.2) is 0 Å². The maximum Gasteiger partial charge on any atom is 0.271 e. The number of aromatic nitrogens is 1. The summed E-state index contributed by atoms with van der Waals surface area (Å²) in [6.45, 7) is 7.01. The van der Waals surface area contributed by atoms with E-state index >= 15 is 0 Å². The lowest BCUT2D eigenvalue weighted by Crippen LogP contribution is -2.67. The van der Waals surface area contributed by atoms with Crippen LogP contribution in [0.2, 0.25) is 0 Å². The fourth-order valence-corrected chi connectivity index (χ4v) is 7.05. The largest absolute Gasteiger partial charge is 0.351 e. The average molecular weight is 442 g/mol. The molecular formula is C25H35N3O2S. The molecule has 0 saturated heterocycles. The van der Waals surface area contributed by atoms with Crippen molar-refractivity contribution < 1.29 is 9.59 Å². The summed E-state index contributed by atoms with van der Waals surface area (Å²) in [6.07, 6.45) is 9.72. The smallest absolute Gasteiger partial charge is 0.271 e. The number of carbonyl (C=O) groups is 2. The van der Waals surface area contributed by atoms with E-state index in [4.69, 9.17) is 0 Å². The molecule has 6 heteroatoms. The first-order valence-corrected chi connectivity index (χ1v) is 13.0. The Labute approximate surface area is 189 Å². The van der Waals surface area contributed by atoms with Crippen molar-refractivity contribution >= 4 is 33.4 Å². The molecule has 2 aliphatic carbocycles. The van der Waals surface area contributed by atoms with Gasteiger partial charge in [0.15, 0.2) is 0 Å². The van der Waals surface area contributed by atoms with Gasteiger partial charge in [-0.05, 0) is 69.9 Å². The van der Waals surface area contributed by atoms with E-state index in [2.05, 4.69) is 35.9 Å². The number of aryl methyl sites for hydroxylation is 1. The van der Waals surface area contributed by atoms with Gasteiger partial charge in [-0.3, -0.25) is 9.59 Å². The Morgan fingerprint density at radius 3 is 2.55 bits per heavy atom. The highest BCUT2D eigenvalue weighted by Gasteiger charge is 2.51. The van der Waals surface area contributed by atoms with Crippen molar-refractivity contribution in [1.29, 1.82) is 0 Å². The molecule has 0 unspecified atom stereocenters. The highest BCUT2D eigenvalue weighted by molar-refractivity contribution is 7.19. The summed E-state index contributed by atoms with van der Waals surface area (Å²) in [6, 6.07) is 4.68. The Morgan fingerprint density at radius 2 is 1.87 bits per heavy atom. The maximum absolute atomic E-state index is 13.8. The molecule has 31 heavy (non-hydrogen) atoms. The predicted molar refractivity (Wildman–Crippen MR) is 126 cm³/mol. The summed E-state index contributed by atoms with van der Waals surface area (Å²) in [5, 5.41) is 3.37. The Morgan fingerprint density at radius 1 is 1.16 bits per heavy atom. The third kappa shape index (κ3) is 3.51. The SMILES string of the molecule is CCc1cc2c(cc3n2C[C@](C)(C(=O)NC2CCC(C)CC2)N(C2CCCC2)C3=O)s1. The van der Waals surface area contributed by atoms with Gasteiger partial charge in [0.05, 0.1) is 16.8 Å². The minimum atomic E-state index is -0.845. The highest BCUT2D eigenvalue weighted by atomic mass is 32.1. The molecule has 2 aromatic heterocycles. The van der Waals surface area contributed by atoms with E-state index in [0.29, 0.717) is 6.54 Å². The summed E-state index contributed by atoms with van der Waals surface area (Å²) in [7, 11) is 0. The van der Waals surface area contributed by atoms with Crippen LogP contribution in [0.1, 0.15) is 87.5 Å². The number of amides is 2. The van der Waals surface area contributed by atoms with Gasteiger partial charge in [0.25, 0.3) is 5.91 Å². The van der Waals surface area contributed by atoms with Crippen molar-refractivity contribution in [3.8, 4) is 0 Å². The molecule has 2 amide bonds. The van der Waals surface area contributed by atoms with Crippen LogP contribution in [0, 0.1) is 5.92 Å². The standard InChI is InChI=1S/C25H35N3O2S/c1-4-19-13-20-22(31-19)14-21-23(29)28(18-7-5-6-8-18)25(3,15-27(20)21)24(30)26-17-11-9-16(2)10-12-17/h13-14,16-18H,4-12,15H2,1-3H3,(H,26,30)/t16?,17?,25-/m1/s1. The molecule has 3 aliphatic rings. The number of fused-ring (bicyclic) bond motifs is 3. The zero-order valence-corrected chi connectivity index (χ0v) is 19.9. The van der Waals surface area contributed by atoms with Crippen LogP contribution in [-0.4, -0.2) is 38.9 Å². The molecule has 5 nitrogen and oxygen atoms in total. The molecule has 0 aromatic carbocycles. The van der Waals surface area contributed by atoms with Gasteiger partial charge in [0.2, 0.25) is 5.91 Å². The summed E-state index contributed by atoms with van der Waals surface area (Å²) in [4.78, 5) is 30.9. The zero-order chi connectivity index (χ0) is 21.8. The van der Waals surface area contributed by atoms with E-state index in [1.807, 2.05) is 11.8 Å². The number of nitrogens with zero attached hydrogens (tertiary/aromatic N) is 2. The number of hydrogen-bond donors (Lipinski definition) is 1. The molecule has 5 rings (SSSR count). The van der Waals surface area contributed by atoms with E-state index in [0.717, 1.165) is 66.8 Å². The number of hydrogen-bond acceptors (Lipinski definition) is 3. The Hall–Kier alpha value is -1.82. The van der Waals surface area contributed by atoms with E-state index in [1.165, 1.54) is 17.7 Å². The van der Waals surface area contributed by atoms with Crippen molar-refractivity contribution in [1.82, 2.24) is 14.8 Å². The molecule has 2 saturated carbocycles. The fraction of sp³-hybridized carbons (Fsp3) is 0.680. The van der Waals surface area contributed by atoms with Crippen molar-refractivity contribution in [2.45, 2.75) is 103 Å². The fourth-order valence-electron chi connectivity index (χ4n) is 6.00. The van der Waals surface area contributed by atoms with Crippen molar-refractivity contribution in [3.63, 3.8) is 0 Å². The molecule has 2 fully saturated rings. The minimum absolute atomic E-state index is 0.0331. The molecule has 0 spiro atoms. The summed E-state index contributed by atoms with van der Waals surface area (Å²) in [5.74, 6) is 0.817. The van der Waals surface area contributed by atoms with Crippen LogP contribution in [0.25, 0.3) is 10.2 Å². The lowest BCUT2D eigenvalue weighted by atomic mass is 9.86. The van der Waals surface area contributed by atoms with Gasteiger partial charge in [-0.2, -0.15) is 0 Å². The Kier molecular flexibility index (Phi) is 5.40. The van der Waals surface area contributed by atoms with E-state index in [1.54, 1.807) is 11.3 Å². The Bertz CT molecular complexity index is 994. The summed E-state index contributed by atoms with van der Waals surface area (Å²) in [5.41, 5.74) is 1.02. The molecule has 168 valence electrons. The first kappa shape index (κ1) is 21.0. The third-order valence-electron chi connectivity index (χ3n) is 7.95. The van der Waals surface area contributed by atoms with Crippen LogP contribution in [0.3, 0.4) is 0 Å². The van der Waals surface area contributed by atoms with Crippen LogP contribution in [0.5, 0.6) is 0 Å². The van der Waals surface area contributed by atoms with Gasteiger partial charge >= 0.3 is 0 Å². The molecule has 0 radical (unpaired) electrons. The molecule has 0 bridgehead atoms. The predicted octanol–water partition coefficient (Wildman–Crippen LogP) is 5.12. The number of thiophene rings is 1. The molecular weight excluding hydrogens is 406 g/mol. The summed E-state index contributed by atoms with van der Waals surface area (Å²) < 4.78 is 3.29. The lowest BCUT2D eigenvalue weighted by molar-refractivity contribution is -0.135. The first-order chi connectivity index (χ1) is 14.9. The molecule has 1 aliphatic heterocycles. The van der Waals surface area contributed by atoms with Crippen LogP contribution in [-0.2, 0) is 17.8 Å². The second kappa shape index (κ2) is 7.95. The minimum Gasteiger partial charge on any atom is -0.351 e. The quantitative estimate of drug-likeness (QED) is 0.716. The van der Waals surface area contributed by atoms with Crippen LogP contribution >= 0.6 is 11.3 Å². The topological polar surface area (TPSA) is 54.3 Å². The number of carbonyl (C=O) groups excluding carboxylic acids is 2. The van der Waals surface area contributed by atoms with Gasteiger partial charge in [-0.15, -0.1) is 11.3 Å². The maximum atomic E-state index is 13.8. The normalized spacial score (nSPS) is 29.5. The second-order valence-electron chi connectivity index (χ2n) is 10.2. The van der Waals surface area contributed by atoms with Gasteiger partial charge in [-0.1, -0.05) is 26.7 Å². The molecule has 3 heterocycles. The van der Waals surface area contributed by atoms with Crippen molar-refractivity contribution in [2.24, 2.45) is 5.92 Å². The number of rotatable bonds is 4. The monoisotopic (exact) mass is 441 g/mol. The Balaban J connectivity index is 1.51. The average Bonchev–Trinajstić information content (AvgIpc) is 3.47. The van der Waals surface area contributed by atoms with Crippen molar-refractivity contribution in [2.75, 3.05) is 0 Å². The molecule has 2 aromatic rings.